The summed E-state index contributed by atoms with van der Waals surface area (Å²) in [5.74, 6) is -0.628. The summed E-state index contributed by atoms with van der Waals surface area (Å²) in [5, 5.41) is 0.748. The van der Waals surface area contributed by atoms with Crippen LogP contribution >= 0.6 is 11.8 Å². The first kappa shape index (κ1) is 23.3. The highest BCUT2D eigenvalue weighted by Gasteiger charge is 2.44. The molecule has 3 heterocycles. The summed E-state index contributed by atoms with van der Waals surface area (Å²) in [6.45, 7) is 3.91. The zero-order chi connectivity index (χ0) is 23.4. The molecular formula is C25H29N3O4S. The van der Waals surface area contributed by atoms with Crippen LogP contribution < -0.4 is 0 Å². The molecule has 1 spiro atoms. The van der Waals surface area contributed by atoms with Crippen LogP contribution in [0.2, 0.25) is 0 Å². The Balaban J connectivity index is 1.41. The third-order valence-corrected chi connectivity index (χ3v) is 7.38. The number of nitrogens with zero attached hydrogens (tertiary/aromatic N) is 3. The molecule has 0 unspecified atom stereocenters. The van der Waals surface area contributed by atoms with Gasteiger partial charge in [0, 0.05) is 44.9 Å². The van der Waals surface area contributed by atoms with Crippen LogP contribution in [0.25, 0.3) is 0 Å². The first-order chi connectivity index (χ1) is 15.9. The second kappa shape index (κ2) is 9.95. The summed E-state index contributed by atoms with van der Waals surface area (Å²) in [6, 6.07) is 12.8. The maximum absolute atomic E-state index is 13.3. The van der Waals surface area contributed by atoms with Crippen LogP contribution in [0.1, 0.15) is 48.2 Å². The summed E-state index contributed by atoms with van der Waals surface area (Å²) in [5.41, 5.74) is 1.33. The Morgan fingerprint density at radius 3 is 2.30 bits per heavy atom. The van der Waals surface area contributed by atoms with Gasteiger partial charge >= 0.3 is 5.97 Å². The fourth-order valence-corrected chi connectivity index (χ4v) is 5.36. The molecule has 174 valence electrons. The summed E-state index contributed by atoms with van der Waals surface area (Å²) in [4.78, 5) is 46.1. The van der Waals surface area contributed by atoms with Gasteiger partial charge in [0.2, 0.25) is 6.10 Å². The van der Waals surface area contributed by atoms with E-state index in [0.717, 1.165) is 24.3 Å². The fraction of sp³-hybridized carbons (Fsp3) is 0.440. The van der Waals surface area contributed by atoms with Gasteiger partial charge in [0.1, 0.15) is 5.03 Å². The zero-order valence-electron chi connectivity index (χ0n) is 19.0. The highest BCUT2D eigenvalue weighted by molar-refractivity contribution is 7.98. The number of rotatable bonds is 5. The number of piperidine rings is 1. The molecule has 2 fully saturated rings. The average Bonchev–Trinajstić information content (AvgIpc) is 3.26. The van der Waals surface area contributed by atoms with E-state index in [2.05, 4.69) is 4.98 Å². The minimum Gasteiger partial charge on any atom is -0.447 e. The number of likely N-dealkylation sites (tertiary alicyclic amines) is 2. The number of carbonyl (C=O) groups is 3. The van der Waals surface area contributed by atoms with Gasteiger partial charge in [-0.1, -0.05) is 30.3 Å². The van der Waals surface area contributed by atoms with E-state index < -0.39 is 12.1 Å². The van der Waals surface area contributed by atoms with E-state index in [4.69, 9.17) is 4.74 Å². The number of hydrogen-bond acceptors (Lipinski definition) is 6. The molecule has 7 nitrogen and oxygen atoms in total. The number of carbonyl (C=O) groups excluding carboxylic acids is 3. The second-order valence-electron chi connectivity index (χ2n) is 8.76. The lowest BCUT2D eigenvalue weighted by Gasteiger charge is -2.39. The maximum atomic E-state index is 13.3. The van der Waals surface area contributed by atoms with Crippen molar-refractivity contribution >= 4 is 29.5 Å². The minimum atomic E-state index is -0.920. The molecule has 4 rings (SSSR count). The Hall–Kier alpha value is -2.87. The van der Waals surface area contributed by atoms with Gasteiger partial charge in [-0.25, -0.2) is 4.98 Å². The van der Waals surface area contributed by atoms with E-state index in [1.807, 2.05) is 52.5 Å². The van der Waals surface area contributed by atoms with Gasteiger partial charge in [0.05, 0.1) is 5.56 Å². The summed E-state index contributed by atoms with van der Waals surface area (Å²) >= 11 is 1.48. The van der Waals surface area contributed by atoms with E-state index in [1.54, 1.807) is 12.3 Å². The Morgan fingerprint density at radius 2 is 1.67 bits per heavy atom. The van der Waals surface area contributed by atoms with Gasteiger partial charge in [0.25, 0.3) is 11.8 Å². The summed E-state index contributed by atoms with van der Waals surface area (Å²) < 4.78 is 5.41. The van der Waals surface area contributed by atoms with E-state index >= 15 is 0 Å². The Bertz CT molecular complexity index is 1020. The molecule has 2 saturated heterocycles. The number of aromatic nitrogens is 1. The third-order valence-electron chi connectivity index (χ3n) is 6.67. The molecule has 2 amide bonds. The fourth-order valence-electron chi connectivity index (χ4n) is 4.82. The highest BCUT2D eigenvalue weighted by Crippen LogP contribution is 2.41. The van der Waals surface area contributed by atoms with E-state index in [-0.39, 0.29) is 17.2 Å². The molecule has 33 heavy (non-hydrogen) atoms. The van der Waals surface area contributed by atoms with Crippen LogP contribution in [0.5, 0.6) is 0 Å². The van der Waals surface area contributed by atoms with E-state index in [9.17, 15) is 14.4 Å². The quantitative estimate of drug-likeness (QED) is 0.494. The zero-order valence-corrected chi connectivity index (χ0v) is 19.8. The monoisotopic (exact) mass is 467 g/mol. The second-order valence-corrected chi connectivity index (χ2v) is 9.56. The largest absolute Gasteiger partial charge is 0.447 e. The van der Waals surface area contributed by atoms with E-state index in [0.29, 0.717) is 37.3 Å². The number of thioether (sulfide) groups is 1. The first-order valence-electron chi connectivity index (χ1n) is 11.2. The number of hydrogen-bond donors (Lipinski definition) is 0. The van der Waals surface area contributed by atoms with Crippen molar-refractivity contribution in [3.8, 4) is 0 Å². The van der Waals surface area contributed by atoms with Crippen LogP contribution in [0.4, 0.5) is 0 Å². The molecule has 2 aliphatic rings. The van der Waals surface area contributed by atoms with Crippen molar-refractivity contribution in [1.29, 1.82) is 0 Å². The lowest BCUT2D eigenvalue weighted by Crippen LogP contribution is -2.45. The number of esters is 1. The molecule has 2 aromatic rings. The topological polar surface area (TPSA) is 79.8 Å². The molecule has 2 aliphatic heterocycles. The van der Waals surface area contributed by atoms with Crippen LogP contribution in [0.15, 0.2) is 53.7 Å². The smallest absolute Gasteiger partial charge is 0.303 e. The normalized spacial score (nSPS) is 18.2. The van der Waals surface area contributed by atoms with E-state index in [1.165, 1.54) is 18.7 Å². The predicted molar refractivity (Wildman–Crippen MR) is 126 cm³/mol. The number of pyridine rings is 1. The van der Waals surface area contributed by atoms with Crippen LogP contribution in [0.3, 0.4) is 0 Å². The van der Waals surface area contributed by atoms with Crippen LogP contribution in [-0.2, 0) is 14.3 Å². The van der Waals surface area contributed by atoms with Crippen molar-refractivity contribution in [2.45, 2.75) is 37.3 Å². The molecule has 1 aromatic heterocycles. The number of amides is 2. The first-order valence-corrected chi connectivity index (χ1v) is 12.4. The molecule has 0 radical (unpaired) electrons. The standard InChI is InChI=1S/C25H29N3O4S/c1-18(29)32-21(19-7-4-3-5-8-19)24(31)28-16-12-25(17-28)10-14-27(15-11-25)23(30)20-9-6-13-26-22(20)33-2/h3-9,13,21H,10-12,14-17H2,1-2H3/t21-/m1/s1. The Morgan fingerprint density at radius 1 is 1.00 bits per heavy atom. The molecule has 8 heteroatoms. The molecule has 0 N–H and O–H groups in total. The van der Waals surface area contributed by atoms with Gasteiger partial charge in [-0.15, -0.1) is 11.8 Å². The van der Waals surface area contributed by atoms with Crippen molar-refractivity contribution in [1.82, 2.24) is 14.8 Å². The molecule has 1 atom stereocenters. The number of benzene rings is 1. The van der Waals surface area contributed by atoms with Crippen molar-refractivity contribution < 1.29 is 19.1 Å². The molecular weight excluding hydrogens is 438 g/mol. The minimum absolute atomic E-state index is 0.00117. The van der Waals surface area contributed by atoms with Gasteiger partial charge in [0.15, 0.2) is 0 Å². The van der Waals surface area contributed by atoms with Crippen LogP contribution in [-0.4, -0.2) is 65.0 Å². The lowest BCUT2D eigenvalue weighted by molar-refractivity contribution is -0.159. The highest BCUT2D eigenvalue weighted by atomic mass is 32.2. The lowest BCUT2D eigenvalue weighted by atomic mass is 9.77. The molecule has 0 bridgehead atoms. The number of ether oxygens (including phenoxy) is 1. The van der Waals surface area contributed by atoms with Crippen molar-refractivity contribution in [2.24, 2.45) is 5.41 Å². The maximum Gasteiger partial charge on any atom is 0.303 e. The molecule has 0 saturated carbocycles. The van der Waals surface area contributed by atoms with Gasteiger partial charge in [-0.2, -0.15) is 0 Å². The third kappa shape index (κ3) is 5.05. The SMILES string of the molecule is CSc1ncccc1C(=O)N1CCC2(CC1)CCN(C(=O)[C@H](OC(C)=O)c1ccccc1)C2. The molecule has 0 aliphatic carbocycles. The van der Waals surface area contributed by atoms with Crippen molar-refractivity contribution in [3.05, 3.63) is 59.8 Å². The Kier molecular flexibility index (Phi) is 7.02. The van der Waals surface area contributed by atoms with Crippen molar-refractivity contribution in [2.75, 3.05) is 32.4 Å². The van der Waals surface area contributed by atoms with Gasteiger partial charge < -0.3 is 14.5 Å². The van der Waals surface area contributed by atoms with Gasteiger partial charge in [-0.3, -0.25) is 14.4 Å². The van der Waals surface area contributed by atoms with Crippen LogP contribution in [0, 0.1) is 5.41 Å². The summed E-state index contributed by atoms with van der Waals surface area (Å²) in [7, 11) is 0. The molecule has 1 aromatic carbocycles. The van der Waals surface area contributed by atoms with Crippen molar-refractivity contribution in [3.63, 3.8) is 0 Å². The predicted octanol–water partition coefficient (Wildman–Crippen LogP) is 3.56. The summed E-state index contributed by atoms with van der Waals surface area (Å²) in [6.07, 6.45) is 5.30. The average molecular weight is 468 g/mol. The van der Waals surface area contributed by atoms with Gasteiger partial charge in [-0.05, 0) is 43.1 Å². The Labute approximate surface area is 198 Å².